The number of rotatable bonds is 5. The van der Waals surface area contributed by atoms with Crippen molar-refractivity contribution in [1.82, 2.24) is 24.5 Å². The molecule has 1 amide bonds. The fourth-order valence-electron chi connectivity index (χ4n) is 2.49. The van der Waals surface area contributed by atoms with Gasteiger partial charge in [0.05, 0.1) is 25.3 Å². The molecule has 0 bridgehead atoms. The van der Waals surface area contributed by atoms with Crippen molar-refractivity contribution in [3.8, 4) is 17.0 Å². The third-order valence-corrected chi connectivity index (χ3v) is 4.49. The lowest BCUT2D eigenvalue weighted by Gasteiger charge is -2.04. The summed E-state index contributed by atoms with van der Waals surface area (Å²) in [5.41, 5.74) is 2.98. The molecule has 0 saturated heterocycles. The van der Waals surface area contributed by atoms with Gasteiger partial charge in [0.2, 0.25) is 5.91 Å². The summed E-state index contributed by atoms with van der Waals surface area (Å²) >= 11 is 1.37. The van der Waals surface area contributed by atoms with Crippen LogP contribution in [0.2, 0.25) is 0 Å². The Bertz CT molecular complexity index is 1070. The first-order chi connectivity index (χ1) is 12.7. The molecule has 9 heteroatoms. The van der Waals surface area contributed by atoms with E-state index in [-0.39, 0.29) is 12.5 Å². The van der Waals surface area contributed by atoms with Crippen LogP contribution in [0, 0.1) is 0 Å². The third kappa shape index (κ3) is 3.24. The molecule has 4 aromatic rings. The van der Waals surface area contributed by atoms with Crippen molar-refractivity contribution in [3.63, 3.8) is 0 Å². The van der Waals surface area contributed by atoms with Crippen molar-refractivity contribution < 1.29 is 9.53 Å². The zero-order valence-electron chi connectivity index (χ0n) is 13.8. The number of imidazole rings is 1. The summed E-state index contributed by atoms with van der Waals surface area (Å²) in [6.07, 6.45) is 4.63. The summed E-state index contributed by atoms with van der Waals surface area (Å²) < 4.78 is 6.92. The first-order valence-electron chi connectivity index (χ1n) is 7.73. The highest BCUT2D eigenvalue weighted by Gasteiger charge is 2.11. The molecule has 0 spiro atoms. The summed E-state index contributed by atoms with van der Waals surface area (Å²) in [4.78, 5) is 28.9. The van der Waals surface area contributed by atoms with E-state index in [0.29, 0.717) is 16.3 Å². The predicted octanol–water partition coefficient (Wildman–Crippen LogP) is 2.60. The molecule has 0 aliphatic rings. The minimum absolute atomic E-state index is 0.109. The number of hydrogen-bond acceptors (Lipinski definition) is 7. The van der Waals surface area contributed by atoms with Crippen LogP contribution in [-0.4, -0.2) is 37.5 Å². The second-order valence-electron chi connectivity index (χ2n) is 5.42. The lowest BCUT2D eigenvalue weighted by atomic mass is 10.2. The first-order valence-corrected chi connectivity index (χ1v) is 8.61. The van der Waals surface area contributed by atoms with Crippen LogP contribution in [0.25, 0.3) is 22.4 Å². The number of nitrogens with one attached hydrogen (secondary N) is 1. The fourth-order valence-corrected chi connectivity index (χ4v) is 3.23. The Balaban J connectivity index is 1.47. The topological polar surface area (TPSA) is 94.8 Å². The van der Waals surface area contributed by atoms with E-state index in [9.17, 15) is 4.79 Å². The molecular weight excluding hydrogens is 352 g/mol. The average molecular weight is 366 g/mol. The molecule has 26 heavy (non-hydrogen) atoms. The van der Waals surface area contributed by atoms with Crippen LogP contribution >= 0.6 is 11.3 Å². The van der Waals surface area contributed by atoms with Crippen molar-refractivity contribution >= 4 is 33.5 Å². The van der Waals surface area contributed by atoms with E-state index in [1.54, 1.807) is 24.2 Å². The number of methoxy groups -OCH3 is 1. The fraction of sp³-hybridized carbons (Fsp3) is 0.118. The van der Waals surface area contributed by atoms with E-state index in [1.165, 1.54) is 17.7 Å². The van der Waals surface area contributed by atoms with E-state index in [2.05, 4.69) is 25.3 Å². The van der Waals surface area contributed by atoms with Crippen LogP contribution in [0.3, 0.4) is 0 Å². The molecule has 3 heterocycles. The number of carbonyl (C=O) groups is 1. The minimum atomic E-state index is -0.195. The van der Waals surface area contributed by atoms with Gasteiger partial charge < -0.3 is 14.6 Å². The number of ether oxygens (including phenoxy) is 1. The number of thiazole rings is 1. The van der Waals surface area contributed by atoms with Crippen LogP contribution in [-0.2, 0) is 11.3 Å². The van der Waals surface area contributed by atoms with Gasteiger partial charge in [0.1, 0.15) is 24.1 Å². The number of carbonyl (C=O) groups excluding carboxylic acids is 1. The summed E-state index contributed by atoms with van der Waals surface area (Å²) in [6, 6.07) is 7.62. The highest BCUT2D eigenvalue weighted by molar-refractivity contribution is 7.14. The maximum Gasteiger partial charge on any atom is 0.246 e. The van der Waals surface area contributed by atoms with Gasteiger partial charge in [-0.15, -0.1) is 11.3 Å². The molecule has 0 saturated carbocycles. The molecule has 130 valence electrons. The maximum atomic E-state index is 12.3. The second-order valence-corrected chi connectivity index (χ2v) is 6.28. The van der Waals surface area contributed by atoms with Crippen molar-refractivity contribution in [2.75, 3.05) is 12.4 Å². The first kappa shape index (κ1) is 16.2. The normalized spacial score (nSPS) is 10.8. The number of hydrogen-bond donors (Lipinski definition) is 1. The molecule has 3 aromatic heterocycles. The summed E-state index contributed by atoms with van der Waals surface area (Å²) in [7, 11) is 1.62. The Kier molecular flexibility index (Phi) is 4.28. The molecule has 8 nitrogen and oxygen atoms in total. The highest BCUT2D eigenvalue weighted by Crippen LogP contribution is 2.27. The van der Waals surface area contributed by atoms with Crippen molar-refractivity contribution in [3.05, 3.63) is 48.5 Å². The Morgan fingerprint density at radius 1 is 1.35 bits per heavy atom. The molecule has 0 radical (unpaired) electrons. The molecular formula is C17H14N6O2S. The van der Waals surface area contributed by atoms with Crippen LogP contribution in [0.1, 0.15) is 0 Å². The molecule has 1 N–H and O–H groups in total. The van der Waals surface area contributed by atoms with Gasteiger partial charge in [0.15, 0.2) is 10.8 Å². The average Bonchev–Trinajstić information content (AvgIpc) is 3.29. The van der Waals surface area contributed by atoms with Gasteiger partial charge in [-0.05, 0) is 12.1 Å². The number of nitrogens with zero attached hydrogens (tertiary/aromatic N) is 5. The van der Waals surface area contributed by atoms with E-state index in [1.807, 2.05) is 29.6 Å². The number of aromatic nitrogens is 5. The van der Waals surface area contributed by atoms with Crippen LogP contribution < -0.4 is 10.1 Å². The maximum absolute atomic E-state index is 12.3. The van der Waals surface area contributed by atoms with Gasteiger partial charge in [0, 0.05) is 10.9 Å². The van der Waals surface area contributed by atoms with E-state index >= 15 is 0 Å². The second kappa shape index (κ2) is 6.89. The van der Waals surface area contributed by atoms with Crippen molar-refractivity contribution in [1.29, 1.82) is 0 Å². The van der Waals surface area contributed by atoms with Gasteiger partial charge in [-0.1, -0.05) is 12.1 Å². The number of fused-ring (bicyclic) bond motifs is 1. The molecule has 0 atom stereocenters. The van der Waals surface area contributed by atoms with E-state index in [4.69, 9.17) is 4.74 Å². The van der Waals surface area contributed by atoms with Gasteiger partial charge >= 0.3 is 0 Å². The summed E-state index contributed by atoms with van der Waals surface area (Å²) in [5.74, 6) is 0.565. The Hall–Kier alpha value is -3.33. The largest absolute Gasteiger partial charge is 0.497 e. The van der Waals surface area contributed by atoms with Gasteiger partial charge in [-0.2, -0.15) is 0 Å². The van der Waals surface area contributed by atoms with Crippen LogP contribution in [0.5, 0.6) is 5.75 Å². The monoisotopic (exact) mass is 366 g/mol. The standard InChI is InChI=1S/C17H14N6O2S/c1-25-12-4-2-3-11(5-12)13-8-26-17(21-13)22-15(24)7-23-10-20-16-14(23)6-18-9-19-16/h2-6,8-10H,7H2,1H3,(H,21,22,24). The Labute approximate surface area is 152 Å². The molecule has 0 fully saturated rings. The number of amides is 1. The SMILES string of the molecule is COc1cccc(-c2csc(NC(=O)Cn3cnc4ncncc43)n2)c1. The molecule has 4 rings (SSSR count). The lowest BCUT2D eigenvalue weighted by Crippen LogP contribution is -2.18. The predicted molar refractivity (Wildman–Crippen MR) is 98.1 cm³/mol. The van der Waals surface area contributed by atoms with Gasteiger partial charge in [0.25, 0.3) is 0 Å². The summed E-state index contributed by atoms with van der Waals surface area (Å²) in [5, 5.41) is 5.24. The zero-order chi connectivity index (χ0) is 17.9. The number of benzene rings is 1. The quantitative estimate of drug-likeness (QED) is 0.583. The molecule has 0 aliphatic heterocycles. The molecule has 1 aromatic carbocycles. The van der Waals surface area contributed by atoms with E-state index in [0.717, 1.165) is 17.0 Å². The van der Waals surface area contributed by atoms with Crippen LogP contribution in [0.15, 0.2) is 48.5 Å². The Morgan fingerprint density at radius 2 is 2.27 bits per heavy atom. The Morgan fingerprint density at radius 3 is 3.15 bits per heavy atom. The molecule has 0 aliphatic carbocycles. The lowest BCUT2D eigenvalue weighted by molar-refractivity contribution is -0.116. The van der Waals surface area contributed by atoms with Gasteiger partial charge in [-0.3, -0.25) is 4.79 Å². The third-order valence-electron chi connectivity index (χ3n) is 3.73. The smallest absolute Gasteiger partial charge is 0.246 e. The minimum Gasteiger partial charge on any atom is -0.497 e. The highest BCUT2D eigenvalue weighted by atomic mass is 32.1. The molecule has 0 unspecified atom stereocenters. The van der Waals surface area contributed by atoms with Crippen molar-refractivity contribution in [2.45, 2.75) is 6.54 Å². The van der Waals surface area contributed by atoms with Crippen LogP contribution in [0.4, 0.5) is 5.13 Å². The summed E-state index contributed by atoms with van der Waals surface area (Å²) in [6.45, 7) is 0.109. The van der Waals surface area contributed by atoms with E-state index < -0.39 is 0 Å². The van der Waals surface area contributed by atoms with Gasteiger partial charge in [-0.25, -0.2) is 19.9 Å². The number of anilines is 1. The van der Waals surface area contributed by atoms with Crippen molar-refractivity contribution in [2.24, 2.45) is 0 Å². The zero-order valence-corrected chi connectivity index (χ0v) is 14.6.